The highest BCUT2D eigenvalue weighted by Gasteiger charge is 2.20. The van der Waals surface area contributed by atoms with E-state index in [0.717, 1.165) is 21.5 Å². The number of anilines is 1. The Bertz CT molecular complexity index is 573. The van der Waals surface area contributed by atoms with Gasteiger partial charge < -0.3 is 10.3 Å². The number of nitrogens with zero attached hydrogens (tertiary/aromatic N) is 3. The van der Waals surface area contributed by atoms with Crippen molar-refractivity contribution >= 4 is 21.6 Å². The fourth-order valence-electron chi connectivity index (χ4n) is 2.79. The molecular formula is C14H17BrN4. The van der Waals surface area contributed by atoms with Gasteiger partial charge in [0, 0.05) is 16.1 Å². The summed E-state index contributed by atoms with van der Waals surface area (Å²) in [5.74, 6) is 0.880. The molecule has 0 atom stereocenters. The van der Waals surface area contributed by atoms with Crippen molar-refractivity contribution in [2.45, 2.75) is 38.1 Å². The highest BCUT2D eigenvalue weighted by Crippen LogP contribution is 2.35. The number of nitrogens with two attached hydrogens (primary N) is 1. The Balaban J connectivity index is 2.01. The molecule has 4 nitrogen and oxygen atoms in total. The first kappa shape index (κ1) is 12.7. The maximum absolute atomic E-state index is 6.14. The van der Waals surface area contributed by atoms with Gasteiger partial charge in [-0.3, -0.25) is 0 Å². The monoisotopic (exact) mass is 320 g/mol. The van der Waals surface area contributed by atoms with Gasteiger partial charge in [-0.2, -0.15) is 0 Å². The molecule has 2 aromatic rings. The third-order valence-corrected chi connectivity index (χ3v) is 4.53. The van der Waals surface area contributed by atoms with Crippen LogP contribution >= 0.6 is 15.9 Å². The van der Waals surface area contributed by atoms with Crippen LogP contribution in [-0.4, -0.2) is 14.8 Å². The molecule has 0 saturated heterocycles. The summed E-state index contributed by atoms with van der Waals surface area (Å²) in [7, 11) is 0. The molecule has 5 heteroatoms. The second-order valence-electron chi connectivity index (χ2n) is 5.05. The van der Waals surface area contributed by atoms with Crippen LogP contribution in [0.2, 0.25) is 0 Å². The minimum Gasteiger partial charge on any atom is -0.397 e. The zero-order valence-electron chi connectivity index (χ0n) is 10.7. The van der Waals surface area contributed by atoms with E-state index in [4.69, 9.17) is 5.73 Å². The summed E-state index contributed by atoms with van der Waals surface area (Å²) < 4.78 is 3.10. The fraction of sp³-hybridized carbons (Fsp3) is 0.429. The Morgan fingerprint density at radius 1 is 1.21 bits per heavy atom. The van der Waals surface area contributed by atoms with Crippen molar-refractivity contribution in [3.63, 3.8) is 0 Å². The lowest BCUT2D eigenvalue weighted by Crippen LogP contribution is -2.13. The third kappa shape index (κ3) is 2.39. The molecular weight excluding hydrogens is 304 g/mol. The normalized spacial score (nSPS) is 16.7. The Morgan fingerprint density at radius 3 is 2.79 bits per heavy atom. The zero-order valence-corrected chi connectivity index (χ0v) is 12.3. The molecule has 1 saturated carbocycles. The number of hydrogen-bond acceptors (Lipinski definition) is 3. The topological polar surface area (TPSA) is 56.7 Å². The summed E-state index contributed by atoms with van der Waals surface area (Å²) in [5.41, 5.74) is 7.83. The van der Waals surface area contributed by atoms with Gasteiger partial charge in [0.05, 0.1) is 5.69 Å². The van der Waals surface area contributed by atoms with E-state index >= 15 is 0 Å². The van der Waals surface area contributed by atoms with E-state index in [1.165, 1.54) is 32.1 Å². The first-order valence-corrected chi connectivity index (χ1v) is 7.50. The van der Waals surface area contributed by atoms with Gasteiger partial charge in [-0.05, 0) is 40.9 Å². The number of nitrogen functional groups attached to an aromatic ring is 1. The van der Waals surface area contributed by atoms with Crippen LogP contribution in [-0.2, 0) is 0 Å². The van der Waals surface area contributed by atoms with Crippen molar-refractivity contribution in [2.24, 2.45) is 0 Å². The molecule has 1 aromatic heterocycles. The molecule has 19 heavy (non-hydrogen) atoms. The van der Waals surface area contributed by atoms with Gasteiger partial charge in [0.15, 0.2) is 5.82 Å². The van der Waals surface area contributed by atoms with E-state index in [0.29, 0.717) is 6.04 Å². The lowest BCUT2D eigenvalue weighted by Gasteiger charge is -2.24. The number of hydrogen-bond donors (Lipinski definition) is 1. The first-order valence-electron chi connectivity index (χ1n) is 6.71. The third-order valence-electron chi connectivity index (χ3n) is 3.83. The molecule has 1 aliphatic rings. The molecule has 0 spiro atoms. The fourth-order valence-corrected chi connectivity index (χ4v) is 3.16. The van der Waals surface area contributed by atoms with E-state index < -0.39 is 0 Å². The standard InChI is InChI=1S/C14H17BrN4/c15-12-8-4-7-11(13(12)16)14-18-17-9-19(14)10-5-2-1-3-6-10/h4,7-10H,1-3,5-6,16H2. The van der Waals surface area contributed by atoms with Crippen molar-refractivity contribution in [1.29, 1.82) is 0 Å². The molecule has 1 aliphatic carbocycles. The van der Waals surface area contributed by atoms with Crippen LogP contribution in [0.15, 0.2) is 29.0 Å². The molecule has 3 rings (SSSR count). The molecule has 1 fully saturated rings. The van der Waals surface area contributed by atoms with E-state index in [1.54, 1.807) is 0 Å². The number of rotatable bonds is 2. The molecule has 0 aliphatic heterocycles. The Hall–Kier alpha value is -1.36. The van der Waals surface area contributed by atoms with E-state index in [1.807, 2.05) is 24.5 Å². The SMILES string of the molecule is Nc1c(Br)cccc1-c1nncn1C1CCCCC1. The maximum atomic E-state index is 6.14. The molecule has 0 amide bonds. The lowest BCUT2D eigenvalue weighted by atomic mass is 9.95. The quantitative estimate of drug-likeness (QED) is 0.856. The van der Waals surface area contributed by atoms with Crippen molar-refractivity contribution in [2.75, 3.05) is 5.73 Å². The van der Waals surface area contributed by atoms with Gasteiger partial charge in [0.1, 0.15) is 6.33 Å². The smallest absolute Gasteiger partial charge is 0.166 e. The minimum atomic E-state index is 0.511. The molecule has 1 aromatic carbocycles. The Morgan fingerprint density at radius 2 is 2.00 bits per heavy atom. The second kappa shape index (κ2) is 5.33. The molecule has 0 unspecified atom stereocenters. The molecule has 1 heterocycles. The molecule has 0 radical (unpaired) electrons. The van der Waals surface area contributed by atoms with Crippen molar-refractivity contribution in [3.8, 4) is 11.4 Å². The van der Waals surface area contributed by atoms with Crippen LogP contribution < -0.4 is 5.73 Å². The number of benzene rings is 1. The predicted molar refractivity (Wildman–Crippen MR) is 79.7 cm³/mol. The number of halogens is 1. The number of aromatic nitrogens is 3. The first-order chi connectivity index (χ1) is 9.27. The highest BCUT2D eigenvalue weighted by atomic mass is 79.9. The van der Waals surface area contributed by atoms with Gasteiger partial charge >= 0.3 is 0 Å². The van der Waals surface area contributed by atoms with Gasteiger partial charge in [-0.1, -0.05) is 25.3 Å². The number of para-hydroxylation sites is 1. The van der Waals surface area contributed by atoms with E-state index in [-0.39, 0.29) is 0 Å². The highest BCUT2D eigenvalue weighted by molar-refractivity contribution is 9.10. The van der Waals surface area contributed by atoms with Crippen molar-refractivity contribution in [1.82, 2.24) is 14.8 Å². The average molecular weight is 321 g/mol. The molecule has 100 valence electrons. The minimum absolute atomic E-state index is 0.511. The Kier molecular flexibility index (Phi) is 3.55. The summed E-state index contributed by atoms with van der Waals surface area (Å²) in [5, 5.41) is 8.36. The van der Waals surface area contributed by atoms with Crippen LogP contribution in [0.3, 0.4) is 0 Å². The molecule has 0 bridgehead atoms. The van der Waals surface area contributed by atoms with Crippen LogP contribution in [0.4, 0.5) is 5.69 Å². The predicted octanol–water partition coefficient (Wildman–Crippen LogP) is 3.80. The van der Waals surface area contributed by atoms with Crippen LogP contribution in [0, 0.1) is 0 Å². The van der Waals surface area contributed by atoms with Gasteiger partial charge in [-0.25, -0.2) is 0 Å². The van der Waals surface area contributed by atoms with Crippen molar-refractivity contribution < 1.29 is 0 Å². The van der Waals surface area contributed by atoms with Crippen molar-refractivity contribution in [3.05, 3.63) is 29.0 Å². The summed E-state index contributed by atoms with van der Waals surface area (Å²) in [4.78, 5) is 0. The average Bonchev–Trinajstić information content (AvgIpc) is 2.92. The lowest BCUT2D eigenvalue weighted by molar-refractivity contribution is 0.355. The van der Waals surface area contributed by atoms with Crippen LogP contribution in [0.5, 0.6) is 0 Å². The summed E-state index contributed by atoms with van der Waals surface area (Å²) in [6.45, 7) is 0. The second-order valence-corrected chi connectivity index (χ2v) is 5.91. The Labute approximate surface area is 121 Å². The van der Waals surface area contributed by atoms with E-state index in [9.17, 15) is 0 Å². The van der Waals surface area contributed by atoms with Crippen LogP contribution in [0.1, 0.15) is 38.1 Å². The largest absolute Gasteiger partial charge is 0.397 e. The maximum Gasteiger partial charge on any atom is 0.166 e. The zero-order chi connectivity index (χ0) is 13.2. The van der Waals surface area contributed by atoms with Crippen LogP contribution in [0.25, 0.3) is 11.4 Å². The summed E-state index contributed by atoms with van der Waals surface area (Å²) in [6.07, 6.45) is 8.17. The van der Waals surface area contributed by atoms with Gasteiger partial charge in [-0.15, -0.1) is 10.2 Å². The molecule has 2 N–H and O–H groups in total. The van der Waals surface area contributed by atoms with Gasteiger partial charge in [0.25, 0.3) is 0 Å². The summed E-state index contributed by atoms with van der Waals surface area (Å²) >= 11 is 3.47. The van der Waals surface area contributed by atoms with E-state index in [2.05, 4.69) is 30.7 Å². The van der Waals surface area contributed by atoms with Gasteiger partial charge in [0.2, 0.25) is 0 Å². The summed E-state index contributed by atoms with van der Waals surface area (Å²) in [6, 6.07) is 6.44.